The number of hydrogen-bond acceptors (Lipinski definition) is 6. The molecule has 7 nitrogen and oxygen atoms in total. The topological polar surface area (TPSA) is 84.6 Å². The number of aliphatic hydroxyl groups is 1. The first-order chi connectivity index (χ1) is 14.5. The van der Waals surface area contributed by atoms with Crippen LogP contribution in [0.25, 0.3) is 16.8 Å². The summed E-state index contributed by atoms with van der Waals surface area (Å²) in [5.41, 5.74) is 0.504. The van der Waals surface area contributed by atoms with Gasteiger partial charge in [-0.25, -0.2) is 4.98 Å². The molecule has 4 rings (SSSR count). The summed E-state index contributed by atoms with van der Waals surface area (Å²) in [7, 11) is 1.41. The lowest BCUT2D eigenvalue weighted by Gasteiger charge is -2.42. The van der Waals surface area contributed by atoms with Crippen LogP contribution in [0, 0.1) is 5.92 Å². The van der Waals surface area contributed by atoms with Gasteiger partial charge in [0.05, 0.1) is 30.8 Å². The first-order valence-electron chi connectivity index (χ1n) is 9.97. The molecule has 31 heavy (non-hydrogen) atoms. The zero-order valence-electron chi connectivity index (χ0n) is 17.4. The number of imidazole rings is 1. The third kappa shape index (κ3) is 4.43. The molecule has 0 aliphatic heterocycles. The van der Waals surface area contributed by atoms with E-state index in [1.54, 1.807) is 42.9 Å². The average Bonchev–Trinajstić information content (AvgIpc) is 3.12. The van der Waals surface area contributed by atoms with Gasteiger partial charge in [0.2, 0.25) is 5.95 Å². The van der Waals surface area contributed by atoms with Crippen molar-refractivity contribution < 1.29 is 23.0 Å². The lowest BCUT2D eigenvalue weighted by atomic mass is 9.71. The summed E-state index contributed by atoms with van der Waals surface area (Å²) in [6.45, 7) is 3.59. The van der Waals surface area contributed by atoms with Crippen molar-refractivity contribution in [2.24, 2.45) is 5.92 Å². The normalized spacial score (nSPS) is 19.3. The Bertz CT molecular complexity index is 1080. The van der Waals surface area contributed by atoms with Gasteiger partial charge >= 0.3 is 6.18 Å². The van der Waals surface area contributed by atoms with Crippen LogP contribution in [0.2, 0.25) is 0 Å². The van der Waals surface area contributed by atoms with Crippen molar-refractivity contribution in [2.45, 2.75) is 50.9 Å². The van der Waals surface area contributed by atoms with Gasteiger partial charge in [0.25, 0.3) is 0 Å². The smallest absolute Gasteiger partial charge is 0.393 e. The number of nitrogens with zero attached hydrogens (tertiary/aromatic N) is 4. The van der Waals surface area contributed by atoms with E-state index in [-0.39, 0.29) is 17.5 Å². The van der Waals surface area contributed by atoms with Gasteiger partial charge in [0.15, 0.2) is 0 Å². The van der Waals surface area contributed by atoms with Gasteiger partial charge in [-0.3, -0.25) is 4.40 Å². The molecule has 2 heterocycles. The molecular weight excluding hydrogens is 411 g/mol. The first-order valence-corrected chi connectivity index (χ1v) is 9.97. The number of nitrogens with one attached hydrogen (secondary N) is 1. The highest BCUT2D eigenvalue weighted by Crippen LogP contribution is 2.38. The van der Waals surface area contributed by atoms with E-state index in [4.69, 9.17) is 4.74 Å². The number of anilines is 1. The minimum Gasteiger partial charge on any atom is -0.497 e. The number of methoxy groups -OCH3 is 1. The predicted molar refractivity (Wildman–Crippen MR) is 109 cm³/mol. The SMILES string of the molecule is COc1ccc(-c2nnc(NC3CC(C(C)(C)O)C3)n3cncc23)c(CC(F)(F)F)c1. The number of benzene rings is 1. The van der Waals surface area contributed by atoms with Crippen molar-refractivity contribution >= 4 is 11.5 Å². The minimum atomic E-state index is -4.38. The molecule has 0 saturated heterocycles. The van der Waals surface area contributed by atoms with Crippen LogP contribution in [-0.2, 0) is 6.42 Å². The van der Waals surface area contributed by atoms with Crippen LogP contribution >= 0.6 is 0 Å². The van der Waals surface area contributed by atoms with Crippen molar-refractivity contribution in [3.05, 3.63) is 36.3 Å². The Hall–Kier alpha value is -2.88. The van der Waals surface area contributed by atoms with Gasteiger partial charge in [-0.05, 0) is 56.4 Å². The zero-order chi connectivity index (χ0) is 22.4. The fraction of sp³-hybridized carbons (Fsp3) is 0.476. The predicted octanol–water partition coefficient (Wildman–Crippen LogP) is 3.87. The second kappa shape index (κ2) is 7.67. The zero-order valence-corrected chi connectivity index (χ0v) is 17.4. The van der Waals surface area contributed by atoms with Gasteiger partial charge < -0.3 is 15.2 Å². The van der Waals surface area contributed by atoms with Crippen LogP contribution in [0.5, 0.6) is 5.75 Å². The van der Waals surface area contributed by atoms with Crippen LogP contribution in [-0.4, -0.2) is 49.6 Å². The van der Waals surface area contributed by atoms with Crippen LogP contribution in [0.4, 0.5) is 19.1 Å². The van der Waals surface area contributed by atoms with Crippen molar-refractivity contribution in [3.8, 4) is 17.0 Å². The molecular formula is C21H24F3N5O2. The summed E-state index contributed by atoms with van der Waals surface area (Å²) >= 11 is 0. The molecule has 1 saturated carbocycles. The molecule has 2 N–H and O–H groups in total. The Kier molecular flexibility index (Phi) is 5.28. The molecule has 0 bridgehead atoms. The van der Waals surface area contributed by atoms with E-state index in [1.165, 1.54) is 13.2 Å². The number of alkyl halides is 3. The van der Waals surface area contributed by atoms with Crippen molar-refractivity contribution in [2.75, 3.05) is 12.4 Å². The van der Waals surface area contributed by atoms with Gasteiger partial charge in [0, 0.05) is 11.6 Å². The molecule has 0 amide bonds. The monoisotopic (exact) mass is 435 g/mol. The Balaban J connectivity index is 1.67. The van der Waals surface area contributed by atoms with E-state index in [0.29, 0.717) is 28.5 Å². The fourth-order valence-corrected chi connectivity index (χ4v) is 3.91. The highest BCUT2D eigenvalue weighted by Gasteiger charge is 2.39. The molecule has 0 radical (unpaired) electrons. The number of hydrogen-bond donors (Lipinski definition) is 2. The summed E-state index contributed by atoms with van der Waals surface area (Å²) in [5.74, 6) is 0.992. The summed E-state index contributed by atoms with van der Waals surface area (Å²) in [6.07, 6.45) is -0.809. The highest BCUT2D eigenvalue weighted by molar-refractivity contribution is 5.79. The summed E-state index contributed by atoms with van der Waals surface area (Å²) < 4.78 is 46.3. The minimum absolute atomic E-state index is 0.0528. The molecule has 1 fully saturated rings. The lowest BCUT2D eigenvalue weighted by Crippen LogP contribution is -2.46. The number of rotatable bonds is 6. The first kappa shape index (κ1) is 21.4. The average molecular weight is 435 g/mol. The lowest BCUT2D eigenvalue weighted by molar-refractivity contribution is -0.127. The molecule has 1 aromatic carbocycles. The maximum absolute atomic E-state index is 13.2. The van der Waals surface area contributed by atoms with E-state index in [1.807, 2.05) is 0 Å². The molecule has 0 atom stereocenters. The van der Waals surface area contributed by atoms with Crippen LogP contribution in [0.1, 0.15) is 32.3 Å². The Morgan fingerprint density at radius 3 is 2.61 bits per heavy atom. The number of aromatic nitrogens is 4. The van der Waals surface area contributed by atoms with Gasteiger partial charge in [0.1, 0.15) is 17.8 Å². The van der Waals surface area contributed by atoms with E-state index in [0.717, 1.165) is 12.8 Å². The summed E-state index contributed by atoms with van der Waals surface area (Å²) in [6, 6.07) is 4.66. The number of halogens is 3. The third-order valence-corrected chi connectivity index (χ3v) is 5.78. The molecule has 1 aliphatic rings. The third-order valence-electron chi connectivity index (χ3n) is 5.78. The standard InChI is InChI=1S/C21H24F3N5O2/c1-20(2,30)13-7-14(8-13)26-19-28-27-18(17-10-25-11-29(17)19)16-5-4-15(31-3)6-12(16)9-21(22,23)24/h4-6,10-11,13-14,30H,7-9H2,1-3H3,(H,26,28). The van der Waals surface area contributed by atoms with E-state index >= 15 is 0 Å². The quantitative estimate of drug-likeness (QED) is 0.612. The Morgan fingerprint density at radius 2 is 1.97 bits per heavy atom. The highest BCUT2D eigenvalue weighted by atomic mass is 19.4. The number of fused-ring (bicyclic) bond motifs is 1. The van der Waals surface area contributed by atoms with Gasteiger partial charge in [-0.15, -0.1) is 10.2 Å². The molecule has 10 heteroatoms. The largest absolute Gasteiger partial charge is 0.497 e. The summed E-state index contributed by atoms with van der Waals surface area (Å²) in [4.78, 5) is 4.15. The maximum atomic E-state index is 13.2. The van der Waals surface area contributed by atoms with E-state index < -0.39 is 18.2 Å². The Labute approximate surface area is 177 Å². The van der Waals surface area contributed by atoms with E-state index in [9.17, 15) is 18.3 Å². The second-order valence-corrected chi connectivity index (χ2v) is 8.50. The fourth-order valence-electron chi connectivity index (χ4n) is 3.91. The Morgan fingerprint density at radius 1 is 1.23 bits per heavy atom. The second-order valence-electron chi connectivity index (χ2n) is 8.50. The van der Waals surface area contributed by atoms with Crippen molar-refractivity contribution in [1.29, 1.82) is 0 Å². The molecule has 0 unspecified atom stereocenters. The van der Waals surface area contributed by atoms with Crippen LogP contribution in [0.3, 0.4) is 0 Å². The molecule has 0 spiro atoms. The van der Waals surface area contributed by atoms with Gasteiger partial charge in [-0.1, -0.05) is 0 Å². The van der Waals surface area contributed by atoms with Gasteiger partial charge in [-0.2, -0.15) is 13.2 Å². The van der Waals surface area contributed by atoms with Crippen molar-refractivity contribution in [1.82, 2.24) is 19.6 Å². The molecule has 3 aromatic rings. The van der Waals surface area contributed by atoms with Crippen LogP contribution in [0.15, 0.2) is 30.7 Å². The maximum Gasteiger partial charge on any atom is 0.393 e. The number of ether oxygens (including phenoxy) is 1. The van der Waals surface area contributed by atoms with Crippen molar-refractivity contribution in [3.63, 3.8) is 0 Å². The molecule has 2 aromatic heterocycles. The molecule has 1 aliphatic carbocycles. The molecule has 166 valence electrons. The van der Waals surface area contributed by atoms with Crippen LogP contribution < -0.4 is 10.1 Å². The van der Waals surface area contributed by atoms with E-state index in [2.05, 4.69) is 20.5 Å². The summed E-state index contributed by atoms with van der Waals surface area (Å²) in [5, 5.41) is 21.9.